The second-order valence-electron chi connectivity index (χ2n) is 4.61. The number of amides is 1. The third kappa shape index (κ3) is 3.15. The Morgan fingerprint density at radius 2 is 2.15 bits per heavy atom. The van der Waals surface area contributed by atoms with Gasteiger partial charge in [0.2, 0.25) is 0 Å². The van der Waals surface area contributed by atoms with Gasteiger partial charge >= 0.3 is 6.18 Å². The van der Waals surface area contributed by atoms with Gasteiger partial charge in [-0.1, -0.05) is 15.9 Å². The van der Waals surface area contributed by atoms with Gasteiger partial charge in [0.05, 0.1) is 24.8 Å². The van der Waals surface area contributed by atoms with E-state index in [0.717, 1.165) is 6.07 Å². The average molecular weight is 352 g/mol. The maximum absolute atomic E-state index is 12.8. The topological polar surface area (TPSA) is 29.5 Å². The lowest BCUT2D eigenvalue weighted by Crippen LogP contribution is -2.47. The Balaban J connectivity index is 2.31. The van der Waals surface area contributed by atoms with E-state index in [2.05, 4.69) is 15.9 Å². The summed E-state index contributed by atoms with van der Waals surface area (Å²) in [6.07, 6.45) is -4.49. The molecule has 1 saturated heterocycles. The van der Waals surface area contributed by atoms with Crippen molar-refractivity contribution in [3.63, 3.8) is 0 Å². The number of hydrogen-bond donors (Lipinski definition) is 0. The molecule has 0 bridgehead atoms. The molecule has 0 spiro atoms. The van der Waals surface area contributed by atoms with Gasteiger partial charge in [-0.3, -0.25) is 4.79 Å². The summed E-state index contributed by atoms with van der Waals surface area (Å²) in [5.74, 6) is -0.404. The van der Waals surface area contributed by atoms with Crippen molar-refractivity contribution >= 4 is 21.8 Å². The number of alkyl halides is 3. The molecule has 1 unspecified atom stereocenters. The van der Waals surface area contributed by atoms with Crippen molar-refractivity contribution in [3.05, 3.63) is 33.8 Å². The van der Waals surface area contributed by atoms with Crippen molar-refractivity contribution in [3.8, 4) is 0 Å². The number of nitrogens with zero attached hydrogens (tertiary/aromatic N) is 1. The van der Waals surface area contributed by atoms with Crippen molar-refractivity contribution in [1.29, 1.82) is 0 Å². The molecule has 1 aromatic carbocycles. The van der Waals surface area contributed by atoms with Crippen LogP contribution in [0.4, 0.5) is 13.2 Å². The molecule has 0 N–H and O–H groups in total. The quantitative estimate of drug-likeness (QED) is 0.776. The Kier molecular flexibility index (Phi) is 4.39. The van der Waals surface area contributed by atoms with Crippen LogP contribution in [0.2, 0.25) is 0 Å². The highest BCUT2D eigenvalue weighted by Crippen LogP contribution is 2.35. The highest BCUT2D eigenvalue weighted by molar-refractivity contribution is 9.10. The number of halogens is 4. The molecule has 1 aliphatic rings. The van der Waals surface area contributed by atoms with Gasteiger partial charge < -0.3 is 9.64 Å². The number of ether oxygens (including phenoxy) is 1. The summed E-state index contributed by atoms with van der Waals surface area (Å²) < 4.78 is 43.6. The Morgan fingerprint density at radius 3 is 2.75 bits per heavy atom. The van der Waals surface area contributed by atoms with Crippen LogP contribution in [0.5, 0.6) is 0 Å². The van der Waals surface area contributed by atoms with Gasteiger partial charge in [-0.05, 0) is 25.1 Å². The maximum atomic E-state index is 12.8. The molecule has 3 nitrogen and oxygen atoms in total. The molecule has 0 saturated carbocycles. The van der Waals surface area contributed by atoms with E-state index < -0.39 is 17.6 Å². The van der Waals surface area contributed by atoms with Gasteiger partial charge in [-0.2, -0.15) is 13.2 Å². The minimum absolute atomic E-state index is 0.0364. The van der Waals surface area contributed by atoms with Crippen LogP contribution in [0.25, 0.3) is 0 Å². The zero-order valence-electron chi connectivity index (χ0n) is 10.7. The Labute approximate surface area is 122 Å². The smallest absolute Gasteiger partial charge is 0.377 e. The number of rotatable bonds is 1. The van der Waals surface area contributed by atoms with E-state index in [-0.39, 0.29) is 16.1 Å². The van der Waals surface area contributed by atoms with Crippen LogP contribution < -0.4 is 0 Å². The molecule has 2 rings (SSSR count). The van der Waals surface area contributed by atoms with E-state index in [1.54, 1.807) is 6.92 Å². The summed E-state index contributed by atoms with van der Waals surface area (Å²) >= 11 is 2.86. The van der Waals surface area contributed by atoms with Crippen LogP contribution >= 0.6 is 15.9 Å². The van der Waals surface area contributed by atoms with E-state index in [1.165, 1.54) is 17.0 Å². The average Bonchev–Trinajstić information content (AvgIpc) is 2.37. The molecule has 1 fully saturated rings. The number of hydrogen-bond acceptors (Lipinski definition) is 2. The van der Waals surface area contributed by atoms with Crippen LogP contribution in [0, 0.1) is 0 Å². The molecule has 1 aromatic rings. The Hall–Kier alpha value is -1.08. The lowest BCUT2D eigenvalue weighted by Gasteiger charge is -2.33. The van der Waals surface area contributed by atoms with Crippen LogP contribution in [-0.2, 0) is 10.9 Å². The van der Waals surface area contributed by atoms with Gasteiger partial charge in [0, 0.05) is 16.6 Å². The van der Waals surface area contributed by atoms with E-state index in [9.17, 15) is 18.0 Å². The van der Waals surface area contributed by atoms with E-state index >= 15 is 0 Å². The minimum Gasteiger partial charge on any atom is -0.377 e. The minimum atomic E-state index is -4.49. The fraction of sp³-hybridized carbons (Fsp3) is 0.462. The van der Waals surface area contributed by atoms with Crippen molar-refractivity contribution in [2.45, 2.75) is 19.1 Å². The predicted octanol–water partition coefficient (Wildman–Crippen LogP) is 3.33. The van der Waals surface area contributed by atoms with E-state index in [1.807, 2.05) is 0 Å². The molecule has 1 aliphatic heterocycles. The summed E-state index contributed by atoms with van der Waals surface area (Å²) in [6, 6.07) is 3.38. The number of carbonyl (C=O) groups excluding carboxylic acids is 1. The fourth-order valence-electron chi connectivity index (χ4n) is 2.07. The Bertz CT molecular complexity index is 519. The first-order chi connectivity index (χ1) is 9.30. The van der Waals surface area contributed by atoms with Crippen LogP contribution in [0.3, 0.4) is 0 Å². The van der Waals surface area contributed by atoms with Gasteiger partial charge in [0.25, 0.3) is 5.91 Å². The Morgan fingerprint density at radius 1 is 1.45 bits per heavy atom. The number of benzene rings is 1. The lowest BCUT2D eigenvalue weighted by molar-refractivity contribution is -0.138. The largest absolute Gasteiger partial charge is 0.417 e. The fourth-order valence-corrected chi connectivity index (χ4v) is 2.54. The van der Waals surface area contributed by atoms with Crippen molar-refractivity contribution < 1.29 is 22.7 Å². The zero-order chi connectivity index (χ0) is 14.9. The molecule has 0 aliphatic carbocycles. The first-order valence-electron chi connectivity index (χ1n) is 6.06. The molecular weight excluding hydrogens is 339 g/mol. The molecule has 1 amide bonds. The molecule has 0 radical (unpaired) electrons. The van der Waals surface area contributed by atoms with Crippen molar-refractivity contribution in [2.24, 2.45) is 0 Å². The molecule has 20 heavy (non-hydrogen) atoms. The summed E-state index contributed by atoms with van der Waals surface area (Å²) in [7, 11) is 0. The molecule has 7 heteroatoms. The molecular formula is C13H13BrF3NO2. The summed E-state index contributed by atoms with van der Waals surface area (Å²) in [5.41, 5.74) is -0.807. The van der Waals surface area contributed by atoms with Crippen LogP contribution in [0.15, 0.2) is 22.7 Å². The van der Waals surface area contributed by atoms with Gasteiger partial charge in [-0.25, -0.2) is 0 Å². The third-order valence-corrected chi connectivity index (χ3v) is 3.84. The lowest BCUT2D eigenvalue weighted by atomic mass is 10.1. The molecule has 110 valence electrons. The first-order valence-corrected chi connectivity index (χ1v) is 6.85. The third-order valence-electron chi connectivity index (χ3n) is 3.15. The van der Waals surface area contributed by atoms with Crippen molar-refractivity contribution in [1.82, 2.24) is 4.90 Å². The maximum Gasteiger partial charge on any atom is 0.417 e. The second-order valence-corrected chi connectivity index (χ2v) is 5.47. The number of carbonyl (C=O) groups is 1. The predicted molar refractivity (Wildman–Crippen MR) is 70.5 cm³/mol. The normalized spacial score (nSPS) is 20.1. The summed E-state index contributed by atoms with van der Waals surface area (Å²) in [4.78, 5) is 13.8. The van der Waals surface area contributed by atoms with E-state index in [0.29, 0.717) is 19.8 Å². The molecule has 1 heterocycles. The number of morpholine rings is 1. The first kappa shape index (κ1) is 15.3. The van der Waals surface area contributed by atoms with Crippen molar-refractivity contribution in [2.75, 3.05) is 19.8 Å². The summed E-state index contributed by atoms with van der Waals surface area (Å²) in [5, 5.41) is 0. The van der Waals surface area contributed by atoms with Crippen LogP contribution in [0.1, 0.15) is 22.8 Å². The van der Waals surface area contributed by atoms with Crippen LogP contribution in [-0.4, -0.2) is 36.6 Å². The molecule has 0 aromatic heterocycles. The highest BCUT2D eigenvalue weighted by Gasteiger charge is 2.34. The highest BCUT2D eigenvalue weighted by atomic mass is 79.9. The standard InChI is InChI=1S/C13H13BrF3NO2/c1-8-7-20-5-4-18(8)12(19)9-2-3-11(14)10(6-9)13(15,16)17/h2-3,6,8H,4-5,7H2,1H3. The second kappa shape index (κ2) is 5.73. The summed E-state index contributed by atoms with van der Waals surface area (Å²) in [6.45, 7) is 2.99. The van der Waals surface area contributed by atoms with Gasteiger partial charge in [-0.15, -0.1) is 0 Å². The van der Waals surface area contributed by atoms with E-state index in [4.69, 9.17) is 4.74 Å². The monoisotopic (exact) mass is 351 g/mol. The molecule has 1 atom stereocenters. The zero-order valence-corrected chi connectivity index (χ0v) is 12.3. The van der Waals surface area contributed by atoms with Gasteiger partial charge in [0.15, 0.2) is 0 Å². The SMILES string of the molecule is CC1COCCN1C(=O)c1ccc(Br)c(C(F)(F)F)c1. The van der Waals surface area contributed by atoms with Gasteiger partial charge in [0.1, 0.15) is 0 Å².